The summed E-state index contributed by atoms with van der Waals surface area (Å²) in [5.41, 5.74) is 2.24. The van der Waals surface area contributed by atoms with E-state index in [0.717, 1.165) is 17.0 Å². The van der Waals surface area contributed by atoms with Crippen molar-refractivity contribution in [3.05, 3.63) is 90.5 Å². The number of anilines is 2. The molecule has 2 saturated heterocycles. The van der Waals surface area contributed by atoms with E-state index in [-0.39, 0.29) is 11.8 Å². The molecule has 3 aromatic rings. The van der Waals surface area contributed by atoms with Gasteiger partial charge in [-0.2, -0.15) is 0 Å². The van der Waals surface area contributed by atoms with Gasteiger partial charge in [-0.15, -0.1) is 0 Å². The SMILES string of the molecule is CCOc1ccc([C@@H]2[C@H]3C(=O)N(c4ccccc4)C(=O)[C@@H]3ON2c2ccccc2)cc1. The van der Waals surface area contributed by atoms with Gasteiger partial charge in [-0.05, 0) is 48.9 Å². The number of nitrogens with zero attached hydrogens (tertiary/aromatic N) is 2. The summed E-state index contributed by atoms with van der Waals surface area (Å²) in [6, 6.07) is 25.7. The standard InChI is InChI=1S/C25H22N2O4/c1-2-30-20-15-13-17(14-16-20)22-21-23(31-27(22)19-11-7-4-8-12-19)25(29)26(24(21)28)18-9-5-3-6-10-18/h3-16,21-23H,2H2,1H3/t21-,22-,23-/m1/s1. The van der Waals surface area contributed by atoms with Crippen molar-refractivity contribution in [1.82, 2.24) is 0 Å². The molecule has 6 nitrogen and oxygen atoms in total. The number of ether oxygens (including phenoxy) is 1. The summed E-state index contributed by atoms with van der Waals surface area (Å²) in [5, 5.41) is 1.70. The summed E-state index contributed by atoms with van der Waals surface area (Å²) in [4.78, 5) is 34.1. The Morgan fingerprint density at radius 2 is 1.42 bits per heavy atom. The van der Waals surface area contributed by atoms with Gasteiger partial charge in [-0.25, -0.2) is 9.96 Å². The highest BCUT2D eigenvalue weighted by atomic mass is 16.7. The van der Waals surface area contributed by atoms with E-state index in [1.165, 1.54) is 4.90 Å². The molecule has 2 heterocycles. The third-order valence-electron chi connectivity index (χ3n) is 5.67. The average Bonchev–Trinajstić information content (AvgIpc) is 3.32. The van der Waals surface area contributed by atoms with Gasteiger partial charge in [0.2, 0.25) is 5.91 Å². The van der Waals surface area contributed by atoms with Crippen LogP contribution in [0.4, 0.5) is 11.4 Å². The van der Waals surface area contributed by atoms with Crippen LogP contribution in [0.2, 0.25) is 0 Å². The molecule has 0 saturated carbocycles. The van der Waals surface area contributed by atoms with E-state index in [2.05, 4.69) is 0 Å². The van der Waals surface area contributed by atoms with Gasteiger partial charge in [0.1, 0.15) is 11.7 Å². The zero-order valence-electron chi connectivity index (χ0n) is 17.0. The topological polar surface area (TPSA) is 59.1 Å². The molecule has 0 aromatic heterocycles. The smallest absolute Gasteiger partial charge is 0.266 e. The second kappa shape index (κ2) is 7.89. The number of amides is 2. The van der Waals surface area contributed by atoms with Gasteiger partial charge in [0.25, 0.3) is 5.91 Å². The molecule has 0 spiro atoms. The molecule has 2 aliphatic rings. The Kier molecular flexibility index (Phi) is 4.92. The number of benzene rings is 3. The average molecular weight is 414 g/mol. The van der Waals surface area contributed by atoms with E-state index in [4.69, 9.17) is 9.57 Å². The molecule has 0 bridgehead atoms. The van der Waals surface area contributed by atoms with Crippen LogP contribution in [0.5, 0.6) is 5.75 Å². The summed E-state index contributed by atoms with van der Waals surface area (Å²) >= 11 is 0. The van der Waals surface area contributed by atoms with E-state index in [9.17, 15) is 9.59 Å². The number of imide groups is 1. The van der Waals surface area contributed by atoms with E-state index in [1.807, 2.05) is 79.7 Å². The van der Waals surface area contributed by atoms with Crippen molar-refractivity contribution in [2.45, 2.75) is 19.1 Å². The Hall–Kier alpha value is -3.64. The maximum Gasteiger partial charge on any atom is 0.266 e. The second-order valence-electron chi connectivity index (χ2n) is 7.51. The molecule has 0 N–H and O–H groups in total. The zero-order chi connectivity index (χ0) is 21.4. The summed E-state index contributed by atoms with van der Waals surface area (Å²) in [5.74, 6) is -0.479. The van der Waals surface area contributed by atoms with Crippen molar-refractivity contribution >= 4 is 23.2 Å². The largest absolute Gasteiger partial charge is 0.494 e. The van der Waals surface area contributed by atoms with Crippen molar-refractivity contribution in [2.24, 2.45) is 5.92 Å². The van der Waals surface area contributed by atoms with E-state index >= 15 is 0 Å². The Balaban J connectivity index is 1.56. The molecule has 0 radical (unpaired) electrons. The fraction of sp³-hybridized carbons (Fsp3) is 0.200. The molecule has 2 amide bonds. The normalized spacial score (nSPS) is 22.7. The van der Waals surface area contributed by atoms with Crippen LogP contribution < -0.4 is 14.7 Å². The first-order valence-electron chi connectivity index (χ1n) is 10.4. The Morgan fingerprint density at radius 3 is 2.03 bits per heavy atom. The lowest BCUT2D eigenvalue weighted by atomic mass is 9.90. The van der Waals surface area contributed by atoms with Crippen molar-refractivity contribution in [1.29, 1.82) is 0 Å². The third kappa shape index (κ3) is 3.25. The fourth-order valence-corrected chi connectivity index (χ4v) is 4.31. The molecular formula is C25H22N2O4. The molecule has 5 rings (SSSR count). The van der Waals surface area contributed by atoms with Crippen molar-refractivity contribution in [3.63, 3.8) is 0 Å². The lowest BCUT2D eigenvalue weighted by molar-refractivity contribution is -0.126. The van der Waals surface area contributed by atoms with Crippen LogP contribution in [0.3, 0.4) is 0 Å². The first-order valence-corrected chi connectivity index (χ1v) is 10.4. The molecule has 6 heteroatoms. The fourth-order valence-electron chi connectivity index (χ4n) is 4.31. The maximum atomic E-state index is 13.5. The third-order valence-corrected chi connectivity index (χ3v) is 5.67. The van der Waals surface area contributed by atoms with Crippen molar-refractivity contribution in [2.75, 3.05) is 16.6 Å². The summed E-state index contributed by atoms with van der Waals surface area (Å²) < 4.78 is 5.56. The number of fused-ring (bicyclic) bond motifs is 1. The van der Waals surface area contributed by atoms with Crippen LogP contribution in [-0.4, -0.2) is 24.5 Å². The highest BCUT2D eigenvalue weighted by Gasteiger charge is 2.60. The number of carbonyl (C=O) groups excluding carboxylic acids is 2. The van der Waals surface area contributed by atoms with Crippen LogP contribution in [0.25, 0.3) is 0 Å². The second-order valence-corrected chi connectivity index (χ2v) is 7.51. The van der Waals surface area contributed by atoms with Crippen LogP contribution in [0, 0.1) is 5.92 Å². The molecule has 2 aliphatic heterocycles. The number of para-hydroxylation sites is 2. The molecule has 0 unspecified atom stereocenters. The van der Waals surface area contributed by atoms with Gasteiger partial charge in [0.05, 0.1) is 24.0 Å². The van der Waals surface area contributed by atoms with Crippen molar-refractivity contribution in [3.8, 4) is 5.75 Å². The van der Waals surface area contributed by atoms with Gasteiger partial charge in [0, 0.05) is 0 Å². The quantitative estimate of drug-likeness (QED) is 0.588. The molecule has 3 atom stereocenters. The zero-order valence-corrected chi connectivity index (χ0v) is 17.0. The van der Waals surface area contributed by atoms with Crippen LogP contribution >= 0.6 is 0 Å². The minimum absolute atomic E-state index is 0.251. The highest BCUT2D eigenvalue weighted by Crippen LogP contribution is 2.47. The number of hydroxylamine groups is 1. The number of hydrogen-bond acceptors (Lipinski definition) is 5. The highest BCUT2D eigenvalue weighted by molar-refractivity contribution is 6.23. The summed E-state index contributed by atoms with van der Waals surface area (Å²) in [6.45, 7) is 2.51. The summed E-state index contributed by atoms with van der Waals surface area (Å²) in [7, 11) is 0. The predicted molar refractivity (Wildman–Crippen MR) is 117 cm³/mol. The first kappa shape index (κ1) is 19.3. The van der Waals surface area contributed by atoms with Gasteiger partial charge >= 0.3 is 0 Å². The Morgan fingerprint density at radius 1 is 0.806 bits per heavy atom. The lowest BCUT2D eigenvalue weighted by Crippen LogP contribution is -2.37. The maximum absolute atomic E-state index is 13.5. The minimum atomic E-state index is -0.871. The van der Waals surface area contributed by atoms with Crippen LogP contribution in [0.15, 0.2) is 84.9 Å². The van der Waals surface area contributed by atoms with Gasteiger partial charge in [-0.1, -0.05) is 48.5 Å². The molecular weight excluding hydrogens is 392 g/mol. The lowest BCUT2D eigenvalue weighted by Gasteiger charge is -2.28. The first-order chi connectivity index (χ1) is 15.2. The molecule has 3 aromatic carbocycles. The molecule has 0 aliphatic carbocycles. The monoisotopic (exact) mass is 414 g/mol. The Bertz CT molecular complexity index is 1090. The van der Waals surface area contributed by atoms with E-state index < -0.39 is 18.1 Å². The van der Waals surface area contributed by atoms with Crippen molar-refractivity contribution < 1.29 is 19.2 Å². The summed E-state index contributed by atoms with van der Waals surface area (Å²) in [6.07, 6.45) is -0.871. The van der Waals surface area contributed by atoms with E-state index in [0.29, 0.717) is 12.3 Å². The van der Waals surface area contributed by atoms with Gasteiger partial charge < -0.3 is 4.74 Å². The predicted octanol–water partition coefficient (Wildman–Crippen LogP) is 4.14. The molecule has 156 valence electrons. The number of hydrogen-bond donors (Lipinski definition) is 0. The number of carbonyl (C=O) groups is 2. The minimum Gasteiger partial charge on any atom is -0.494 e. The number of rotatable bonds is 5. The van der Waals surface area contributed by atoms with E-state index in [1.54, 1.807) is 17.2 Å². The molecule has 2 fully saturated rings. The Labute approximate surface area is 180 Å². The van der Waals surface area contributed by atoms with Gasteiger partial charge in [0.15, 0.2) is 6.10 Å². The van der Waals surface area contributed by atoms with Crippen LogP contribution in [-0.2, 0) is 14.4 Å². The molecule has 31 heavy (non-hydrogen) atoms. The van der Waals surface area contributed by atoms with Crippen LogP contribution in [0.1, 0.15) is 18.5 Å². The van der Waals surface area contributed by atoms with Gasteiger partial charge in [-0.3, -0.25) is 14.4 Å².